The molecule has 0 saturated carbocycles. The summed E-state index contributed by atoms with van der Waals surface area (Å²) in [5.41, 5.74) is 2.93. The summed E-state index contributed by atoms with van der Waals surface area (Å²) in [6, 6.07) is 18.0. The zero-order chi connectivity index (χ0) is 19.7. The van der Waals surface area contributed by atoms with Gasteiger partial charge in [-0.3, -0.25) is 4.79 Å². The molecule has 1 amide bonds. The summed E-state index contributed by atoms with van der Waals surface area (Å²) >= 11 is 7.98. The van der Waals surface area contributed by atoms with Gasteiger partial charge in [0.05, 0.1) is 10.2 Å². The van der Waals surface area contributed by atoms with Gasteiger partial charge >= 0.3 is 0 Å². The van der Waals surface area contributed by atoms with Crippen molar-refractivity contribution in [1.82, 2.24) is 9.88 Å². The number of benzene rings is 2. The van der Waals surface area contributed by atoms with Crippen molar-refractivity contribution < 1.29 is 9.18 Å². The van der Waals surface area contributed by atoms with Crippen LogP contribution < -0.4 is 5.32 Å². The summed E-state index contributed by atoms with van der Waals surface area (Å²) in [6.45, 7) is 2.67. The van der Waals surface area contributed by atoms with E-state index >= 15 is 0 Å². The Bertz CT molecular complexity index is 1160. The van der Waals surface area contributed by atoms with Crippen LogP contribution in [0.15, 0.2) is 60.7 Å². The average molecular weight is 413 g/mol. The average Bonchev–Trinajstić information content (AvgIpc) is 3.19. The number of aryl methyl sites for hydroxylation is 1. The first-order valence-electron chi connectivity index (χ1n) is 8.87. The zero-order valence-corrected chi connectivity index (χ0v) is 16.8. The highest BCUT2D eigenvalue weighted by atomic mass is 35.5. The molecule has 4 aromatic rings. The molecule has 2 heterocycles. The highest BCUT2D eigenvalue weighted by Crippen LogP contribution is 2.30. The Morgan fingerprint density at radius 1 is 1.11 bits per heavy atom. The number of aromatic nitrogens is 1. The third kappa shape index (κ3) is 3.68. The Labute approximate surface area is 171 Å². The molecule has 0 radical (unpaired) electrons. The number of thiophene rings is 1. The van der Waals surface area contributed by atoms with Gasteiger partial charge in [-0.25, -0.2) is 4.39 Å². The van der Waals surface area contributed by atoms with E-state index in [2.05, 4.69) is 11.4 Å². The van der Waals surface area contributed by atoms with E-state index in [1.54, 1.807) is 29.5 Å². The second kappa shape index (κ2) is 7.78. The van der Waals surface area contributed by atoms with Crippen molar-refractivity contribution >= 4 is 39.1 Å². The van der Waals surface area contributed by atoms with Crippen molar-refractivity contribution in [2.45, 2.75) is 20.0 Å². The molecular weight excluding hydrogens is 395 g/mol. The van der Waals surface area contributed by atoms with Crippen molar-refractivity contribution in [3.63, 3.8) is 0 Å². The van der Waals surface area contributed by atoms with Crippen molar-refractivity contribution in [3.8, 4) is 0 Å². The lowest BCUT2D eigenvalue weighted by molar-refractivity contribution is 0.0942. The van der Waals surface area contributed by atoms with Crippen molar-refractivity contribution in [1.29, 1.82) is 0 Å². The summed E-state index contributed by atoms with van der Waals surface area (Å²) in [4.78, 5) is 14.1. The van der Waals surface area contributed by atoms with Gasteiger partial charge in [-0.15, -0.1) is 11.3 Å². The number of fused-ring (bicyclic) bond motifs is 1. The maximum absolute atomic E-state index is 13.8. The molecule has 4 rings (SSSR count). The van der Waals surface area contributed by atoms with Crippen LogP contribution in [0.25, 0.3) is 10.2 Å². The Balaban J connectivity index is 1.66. The van der Waals surface area contributed by atoms with Crippen LogP contribution in [-0.2, 0) is 13.1 Å². The number of halogens is 2. The third-order valence-electron chi connectivity index (χ3n) is 4.63. The molecule has 0 aliphatic carbocycles. The molecule has 1 N–H and O–H groups in total. The van der Waals surface area contributed by atoms with Crippen LogP contribution in [-0.4, -0.2) is 10.5 Å². The summed E-state index contributed by atoms with van der Waals surface area (Å²) in [7, 11) is 0. The van der Waals surface area contributed by atoms with E-state index in [0.717, 1.165) is 15.8 Å². The van der Waals surface area contributed by atoms with Crippen LogP contribution >= 0.6 is 22.9 Å². The highest BCUT2D eigenvalue weighted by Gasteiger charge is 2.18. The highest BCUT2D eigenvalue weighted by molar-refractivity contribution is 7.19. The normalized spacial score (nSPS) is 11.1. The van der Waals surface area contributed by atoms with E-state index in [1.807, 2.05) is 41.8 Å². The van der Waals surface area contributed by atoms with E-state index in [1.165, 1.54) is 10.9 Å². The van der Waals surface area contributed by atoms with Crippen molar-refractivity contribution in [2.24, 2.45) is 0 Å². The van der Waals surface area contributed by atoms with Gasteiger partial charge in [0.2, 0.25) is 0 Å². The smallest absolute Gasteiger partial charge is 0.268 e. The van der Waals surface area contributed by atoms with Gasteiger partial charge in [0, 0.05) is 28.6 Å². The number of hydrogen-bond acceptors (Lipinski definition) is 2. The number of hydrogen-bond donors (Lipinski definition) is 1. The van der Waals surface area contributed by atoms with Crippen LogP contribution in [0.5, 0.6) is 0 Å². The number of carbonyl (C=O) groups is 1. The first kappa shape index (κ1) is 18.7. The molecule has 2 aromatic heterocycles. The van der Waals surface area contributed by atoms with Crippen LogP contribution in [0.2, 0.25) is 5.02 Å². The summed E-state index contributed by atoms with van der Waals surface area (Å²) in [5, 5.41) is 3.50. The first-order valence-corrected chi connectivity index (χ1v) is 10.1. The monoisotopic (exact) mass is 412 g/mol. The molecule has 0 saturated heterocycles. The van der Waals surface area contributed by atoms with Crippen molar-refractivity contribution in [2.75, 3.05) is 0 Å². The number of amides is 1. The third-order valence-corrected chi connectivity index (χ3v) is 5.98. The molecule has 0 bridgehead atoms. The lowest BCUT2D eigenvalue weighted by Crippen LogP contribution is -2.26. The van der Waals surface area contributed by atoms with E-state index in [-0.39, 0.29) is 18.3 Å². The van der Waals surface area contributed by atoms with E-state index in [4.69, 9.17) is 11.6 Å². The van der Waals surface area contributed by atoms with Gasteiger partial charge in [-0.2, -0.15) is 0 Å². The number of nitrogens with zero attached hydrogens (tertiary/aromatic N) is 1. The minimum absolute atomic E-state index is 0.134. The largest absolute Gasteiger partial charge is 0.347 e. The van der Waals surface area contributed by atoms with Gasteiger partial charge < -0.3 is 9.88 Å². The Morgan fingerprint density at radius 2 is 1.82 bits per heavy atom. The molecule has 6 heteroatoms. The molecule has 0 aliphatic heterocycles. The second-order valence-electron chi connectivity index (χ2n) is 6.59. The summed E-state index contributed by atoms with van der Waals surface area (Å²) in [5.74, 6) is -0.567. The Morgan fingerprint density at radius 3 is 2.57 bits per heavy atom. The molecule has 3 nitrogen and oxygen atoms in total. The molecule has 0 aliphatic rings. The lowest BCUT2D eigenvalue weighted by atomic mass is 10.2. The molecule has 0 atom stereocenters. The first-order chi connectivity index (χ1) is 13.5. The fraction of sp³-hybridized carbons (Fsp3) is 0.136. The Hall–Kier alpha value is -2.63. The van der Waals surface area contributed by atoms with Gasteiger partial charge in [-0.05, 0) is 36.8 Å². The SMILES string of the molecule is Cc1cc2c(cc(C(=O)NCc3ccccc3F)n2Cc2ccccc2Cl)s1. The zero-order valence-electron chi connectivity index (χ0n) is 15.2. The maximum atomic E-state index is 13.8. The van der Waals surface area contributed by atoms with Gasteiger partial charge in [-0.1, -0.05) is 48.0 Å². The minimum atomic E-state index is -0.328. The van der Waals surface area contributed by atoms with Crippen LogP contribution in [0.4, 0.5) is 4.39 Å². The number of nitrogens with one attached hydrogen (secondary N) is 1. The van der Waals surface area contributed by atoms with E-state index in [9.17, 15) is 9.18 Å². The number of carbonyl (C=O) groups excluding carboxylic acids is 1. The topological polar surface area (TPSA) is 34.0 Å². The van der Waals surface area contributed by atoms with E-state index in [0.29, 0.717) is 22.8 Å². The number of rotatable bonds is 5. The predicted molar refractivity (Wildman–Crippen MR) is 113 cm³/mol. The molecule has 142 valence electrons. The standard InChI is InChI=1S/C22H18ClFN2OS/c1-14-10-19-21(28-14)11-20(26(19)13-16-7-2-4-8-17(16)23)22(27)25-12-15-6-3-5-9-18(15)24/h2-11H,12-13H2,1H3,(H,25,27). The Kier molecular flexibility index (Phi) is 5.20. The quantitative estimate of drug-likeness (QED) is 0.442. The van der Waals surface area contributed by atoms with Crippen molar-refractivity contribution in [3.05, 3.63) is 93.2 Å². The predicted octanol–water partition coefficient (Wildman–Crippen LogP) is 5.78. The molecule has 0 fully saturated rings. The van der Waals surface area contributed by atoms with Crippen LogP contribution in [0.3, 0.4) is 0 Å². The fourth-order valence-electron chi connectivity index (χ4n) is 3.23. The fourth-order valence-corrected chi connectivity index (χ4v) is 4.39. The summed E-state index contributed by atoms with van der Waals surface area (Å²) < 4.78 is 16.9. The lowest BCUT2D eigenvalue weighted by Gasteiger charge is -2.12. The molecule has 0 spiro atoms. The minimum Gasteiger partial charge on any atom is -0.347 e. The van der Waals surface area contributed by atoms with Crippen LogP contribution in [0, 0.1) is 12.7 Å². The maximum Gasteiger partial charge on any atom is 0.268 e. The van der Waals surface area contributed by atoms with E-state index < -0.39 is 0 Å². The summed E-state index contributed by atoms with van der Waals surface area (Å²) in [6.07, 6.45) is 0. The second-order valence-corrected chi connectivity index (χ2v) is 8.28. The molecular formula is C22H18ClFN2OS. The van der Waals surface area contributed by atoms with Gasteiger partial charge in [0.1, 0.15) is 11.5 Å². The molecule has 0 unspecified atom stereocenters. The molecule has 28 heavy (non-hydrogen) atoms. The molecule has 2 aromatic carbocycles. The van der Waals surface area contributed by atoms with Crippen LogP contribution in [0.1, 0.15) is 26.5 Å². The van der Waals surface area contributed by atoms with Gasteiger partial charge in [0.15, 0.2) is 0 Å². The van der Waals surface area contributed by atoms with Gasteiger partial charge in [0.25, 0.3) is 5.91 Å².